The van der Waals surface area contributed by atoms with Crippen LogP contribution in [-0.4, -0.2) is 41.4 Å². The van der Waals surface area contributed by atoms with Crippen LogP contribution in [0.1, 0.15) is 41.3 Å². The summed E-state index contributed by atoms with van der Waals surface area (Å²) in [6, 6.07) is 7.48. The number of nitrogens with two attached hydrogens (primary N) is 1. The van der Waals surface area contributed by atoms with E-state index in [1.807, 2.05) is 45.0 Å². The van der Waals surface area contributed by atoms with Crippen molar-refractivity contribution in [2.75, 3.05) is 18.9 Å². The molecule has 28 heavy (non-hydrogen) atoms. The van der Waals surface area contributed by atoms with E-state index in [1.165, 1.54) is 0 Å². The minimum Gasteiger partial charge on any atom is -0.364 e. The molecule has 1 heterocycles. The van der Waals surface area contributed by atoms with Crippen molar-refractivity contribution in [3.8, 4) is 0 Å². The minimum absolute atomic E-state index is 0.0371. The number of rotatable bonds is 9. The Labute approximate surface area is 165 Å². The van der Waals surface area contributed by atoms with Crippen molar-refractivity contribution in [1.29, 1.82) is 0 Å². The normalized spacial score (nSPS) is 11.7. The molecule has 0 aliphatic heterocycles. The zero-order valence-electron chi connectivity index (χ0n) is 16.8. The van der Waals surface area contributed by atoms with Gasteiger partial charge in [-0.15, -0.1) is 0 Å². The van der Waals surface area contributed by atoms with Crippen LogP contribution in [0.2, 0.25) is 0 Å². The highest BCUT2D eigenvalue weighted by molar-refractivity contribution is 5.96. The van der Waals surface area contributed by atoms with Crippen molar-refractivity contribution in [2.45, 2.75) is 39.7 Å². The second-order valence-electron chi connectivity index (χ2n) is 6.55. The van der Waals surface area contributed by atoms with Gasteiger partial charge in [-0.3, -0.25) is 9.59 Å². The average Bonchev–Trinajstić information content (AvgIpc) is 2.68. The molecule has 0 unspecified atom stereocenters. The number of likely N-dealkylation sites (N-methyl/N-ethyl adjacent to an activating group) is 1. The van der Waals surface area contributed by atoms with Gasteiger partial charge >= 0.3 is 0 Å². The largest absolute Gasteiger partial charge is 0.364 e. The zero-order chi connectivity index (χ0) is 20.7. The number of amides is 2. The molecule has 2 rings (SSSR count). The molecule has 8 heteroatoms. The topological polar surface area (TPSA) is 122 Å². The van der Waals surface area contributed by atoms with Crippen molar-refractivity contribution < 1.29 is 9.59 Å². The number of aromatic nitrogens is 2. The first-order chi connectivity index (χ1) is 13.3. The van der Waals surface area contributed by atoms with Gasteiger partial charge in [-0.2, -0.15) is 0 Å². The molecule has 2 amide bonds. The predicted molar refractivity (Wildman–Crippen MR) is 110 cm³/mol. The second kappa shape index (κ2) is 9.80. The quantitative estimate of drug-likeness (QED) is 0.519. The van der Waals surface area contributed by atoms with Crippen molar-refractivity contribution >= 4 is 23.3 Å². The first kappa shape index (κ1) is 21.3. The van der Waals surface area contributed by atoms with E-state index in [0.29, 0.717) is 30.9 Å². The van der Waals surface area contributed by atoms with E-state index in [1.54, 1.807) is 7.05 Å². The average molecular weight is 384 g/mol. The SMILES string of the molecule is CCc1nc(Nc2cccc(CCNC(=O)[C@H](C)NC)c2)c(C(N)=O)nc1C. The van der Waals surface area contributed by atoms with Crippen molar-refractivity contribution in [3.05, 3.63) is 46.9 Å². The van der Waals surface area contributed by atoms with E-state index in [9.17, 15) is 9.59 Å². The third kappa shape index (κ3) is 5.50. The fraction of sp³-hybridized carbons (Fsp3) is 0.400. The van der Waals surface area contributed by atoms with E-state index < -0.39 is 5.91 Å². The van der Waals surface area contributed by atoms with Gasteiger partial charge in [-0.1, -0.05) is 19.1 Å². The number of primary amides is 1. The molecular weight excluding hydrogens is 356 g/mol. The Balaban J connectivity index is 2.12. The standard InChI is InChI=1S/C20H28N6O2/c1-5-16-12(2)24-17(18(21)27)19(26-16)25-15-8-6-7-14(11-15)9-10-23-20(28)13(3)22-4/h6-8,11,13,22H,5,9-10H2,1-4H3,(H2,21,27)(H,23,28)(H,25,26)/t13-/m0/s1. The number of carbonyl (C=O) groups excluding carboxylic acids is 2. The van der Waals surface area contributed by atoms with E-state index in [0.717, 1.165) is 16.9 Å². The fourth-order valence-corrected chi connectivity index (χ4v) is 2.70. The van der Waals surface area contributed by atoms with Crippen LogP contribution in [0, 0.1) is 6.92 Å². The monoisotopic (exact) mass is 384 g/mol. The number of carbonyl (C=O) groups is 2. The van der Waals surface area contributed by atoms with Crippen molar-refractivity contribution in [3.63, 3.8) is 0 Å². The summed E-state index contributed by atoms with van der Waals surface area (Å²) in [5.74, 6) is -0.313. The first-order valence-corrected chi connectivity index (χ1v) is 9.34. The Morgan fingerprint density at radius 3 is 2.64 bits per heavy atom. The smallest absolute Gasteiger partial charge is 0.271 e. The van der Waals surface area contributed by atoms with Gasteiger partial charge in [0.2, 0.25) is 5.91 Å². The molecule has 0 aliphatic rings. The van der Waals surface area contributed by atoms with Gasteiger partial charge < -0.3 is 21.7 Å². The number of nitrogens with zero attached hydrogens (tertiary/aromatic N) is 2. The molecule has 5 N–H and O–H groups in total. The lowest BCUT2D eigenvalue weighted by atomic mass is 10.1. The number of nitrogens with one attached hydrogen (secondary N) is 3. The summed E-state index contributed by atoms with van der Waals surface area (Å²) < 4.78 is 0. The molecule has 1 atom stereocenters. The summed E-state index contributed by atoms with van der Waals surface area (Å²) in [6.45, 7) is 6.13. The summed E-state index contributed by atoms with van der Waals surface area (Å²) in [5.41, 5.74) is 8.90. The van der Waals surface area contributed by atoms with E-state index in [2.05, 4.69) is 25.9 Å². The lowest BCUT2D eigenvalue weighted by molar-refractivity contribution is -0.122. The number of hydrogen-bond acceptors (Lipinski definition) is 6. The molecule has 0 bridgehead atoms. The highest BCUT2D eigenvalue weighted by Gasteiger charge is 2.15. The van der Waals surface area contributed by atoms with Gasteiger partial charge in [-0.05, 0) is 51.4 Å². The van der Waals surface area contributed by atoms with Crippen LogP contribution in [-0.2, 0) is 17.6 Å². The number of hydrogen-bond donors (Lipinski definition) is 4. The molecule has 0 saturated carbocycles. The molecule has 150 valence electrons. The third-order valence-corrected chi connectivity index (χ3v) is 4.47. The molecular formula is C20H28N6O2. The van der Waals surface area contributed by atoms with Gasteiger partial charge in [0.1, 0.15) is 0 Å². The van der Waals surface area contributed by atoms with Crippen LogP contribution in [0.25, 0.3) is 0 Å². The zero-order valence-corrected chi connectivity index (χ0v) is 16.8. The van der Waals surface area contributed by atoms with Gasteiger partial charge in [0.05, 0.1) is 17.4 Å². The van der Waals surface area contributed by atoms with Gasteiger partial charge in [-0.25, -0.2) is 9.97 Å². The maximum atomic E-state index is 11.8. The Hall–Kier alpha value is -3.00. The number of anilines is 2. The highest BCUT2D eigenvalue weighted by atomic mass is 16.2. The maximum absolute atomic E-state index is 11.8. The molecule has 0 radical (unpaired) electrons. The first-order valence-electron chi connectivity index (χ1n) is 9.34. The lowest BCUT2D eigenvalue weighted by Crippen LogP contribution is -2.41. The summed E-state index contributed by atoms with van der Waals surface area (Å²) in [5, 5.41) is 8.95. The van der Waals surface area contributed by atoms with Crippen molar-refractivity contribution in [2.24, 2.45) is 5.73 Å². The van der Waals surface area contributed by atoms with Crippen LogP contribution >= 0.6 is 0 Å². The lowest BCUT2D eigenvalue weighted by Gasteiger charge is -2.13. The Bertz CT molecular complexity index is 853. The molecule has 1 aromatic carbocycles. The van der Waals surface area contributed by atoms with Gasteiger partial charge in [0.15, 0.2) is 11.5 Å². The molecule has 0 aliphatic carbocycles. The number of benzene rings is 1. The fourth-order valence-electron chi connectivity index (χ4n) is 2.70. The molecule has 0 fully saturated rings. The molecule has 0 spiro atoms. The Morgan fingerprint density at radius 2 is 2.00 bits per heavy atom. The minimum atomic E-state index is -0.627. The number of aryl methyl sites for hydroxylation is 2. The summed E-state index contributed by atoms with van der Waals surface area (Å²) >= 11 is 0. The summed E-state index contributed by atoms with van der Waals surface area (Å²) in [6.07, 6.45) is 1.39. The van der Waals surface area contributed by atoms with E-state index in [4.69, 9.17) is 5.73 Å². The molecule has 8 nitrogen and oxygen atoms in total. The van der Waals surface area contributed by atoms with E-state index in [-0.39, 0.29) is 17.6 Å². The van der Waals surface area contributed by atoms with E-state index >= 15 is 0 Å². The third-order valence-electron chi connectivity index (χ3n) is 4.47. The summed E-state index contributed by atoms with van der Waals surface area (Å²) in [4.78, 5) is 32.4. The van der Waals surface area contributed by atoms with Gasteiger partial charge in [0.25, 0.3) is 5.91 Å². The molecule has 0 saturated heterocycles. The van der Waals surface area contributed by atoms with Crippen LogP contribution in [0.5, 0.6) is 0 Å². The van der Waals surface area contributed by atoms with Crippen LogP contribution < -0.4 is 21.7 Å². The van der Waals surface area contributed by atoms with Gasteiger partial charge in [0, 0.05) is 12.2 Å². The Morgan fingerprint density at radius 1 is 1.25 bits per heavy atom. The van der Waals surface area contributed by atoms with Crippen LogP contribution in [0.3, 0.4) is 0 Å². The predicted octanol–water partition coefficient (Wildman–Crippen LogP) is 1.46. The van der Waals surface area contributed by atoms with Crippen LogP contribution in [0.4, 0.5) is 11.5 Å². The second-order valence-corrected chi connectivity index (χ2v) is 6.55. The highest BCUT2D eigenvalue weighted by Crippen LogP contribution is 2.20. The molecule has 2 aromatic rings. The maximum Gasteiger partial charge on any atom is 0.271 e. The van der Waals surface area contributed by atoms with Crippen LogP contribution in [0.15, 0.2) is 24.3 Å². The summed E-state index contributed by atoms with van der Waals surface area (Å²) in [7, 11) is 1.75. The Kier molecular flexibility index (Phi) is 7.45. The van der Waals surface area contributed by atoms with Crippen molar-refractivity contribution in [1.82, 2.24) is 20.6 Å². The molecule has 1 aromatic heterocycles.